The average molecular weight is 288 g/mol. The first-order valence-electron chi connectivity index (χ1n) is 6.83. The predicted molar refractivity (Wildman–Crippen MR) is 81.2 cm³/mol. The van der Waals surface area contributed by atoms with Crippen molar-refractivity contribution in [1.29, 1.82) is 0 Å². The maximum Gasteiger partial charge on any atom is 0.219 e. The Morgan fingerprint density at radius 3 is 2.43 bits per heavy atom. The van der Waals surface area contributed by atoms with E-state index in [1.54, 1.807) is 20.4 Å². The number of hydrogen-bond acceptors (Lipinski definition) is 5. The van der Waals surface area contributed by atoms with Crippen molar-refractivity contribution in [3.8, 4) is 23.1 Å². The quantitative estimate of drug-likeness (QED) is 0.848. The minimum absolute atomic E-state index is 0.508. The van der Waals surface area contributed by atoms with E-state index >= 15 is 0 Å². The molecule has 2 aromatic rings. The summed E-state index contributed by atoms with van der Waals surface area (Å²) in [6.45, 7) is 3.76. The number of ether oxygens (including phenoxy) is 3. The van der Waals surface area contributed by atoms with Crippen LogP contribution in [0.3, 0.4) is 0 Å². The molecule has 0 aliphatic heterocycles. The van der Waals surface area contributed by atoms with E-state index in [1.807, 2.05) is 30.3 Å². The fourth-order valence-corrected chi connectivity index (χ4v) is 1.91. The number of nitrogens with one attached hydrogen (secondary N) is 1. The second-order valence-corrected chi connectivity index (χ2v) is 4.38. The lowest BCUT2D eigenvalue weighted by molar-refractivity contribution is 0.342. The van der Waals surface area contributed by atoms with E-state index in [-0.39, 0.29) is 0 Å². The summed E-state index contributed by atoms with van der Waals surface area (Å²) in [7, 11) is 3.19. The third kappa shape index (κ3) is 3.86. The molecule has 0 amide bonds. The van der Waals surface area contributed by atoms with Crippen LogP contribution in [0, 0.1) is 0 Å². The number of para-hydroxylation sites is 1. The van der Waals surface area contributed by atoms with Gasteiger partial charge in [0.15, 0.2) is 11.5 Å². The Hall–Kier alpha value is -2.27. The van der Waals surface area contributed by atoms with Crippen molar-refractivity contribution in [2.24, 2.45) is 0 Å². The zero-order chi connectivity index (χ0) is 15.1. The Morgan fingerprint density at radius 1 is 1.10 bits per heavy atom. The second kappa shape index (κ2) is 7.50. The molecule has 0 saturated heterocycles. The lowest BCUT2D eigenvalue weighted by atomic mass is 10.2. The van der Waals surface area contributed by atoms with Crippen LogP contribution >= 0.6 is 0 Å². The first kappa shape index (κ1) is 15.1. The van der Waals surface area contributed by atoms with Crippen LogP contribution in [0.2, 0.25) is 0 Å². The van der Waals surface area contributed by atoms with Gasteiger partial charge in [0.25, 0.3) is 0 Å². The fraction of sp³-hybridized carbons (Fsp3) is 0.312. The Morgan fingerprint density at radius 2 is 1.81 bits per heavy atom. The molecular weight excluding hydrogens is 268 g/mol. The third-order valence-corrected chi connectivity index (χ3v) is 2.97. The van der Waals surface area contributed by atoms with Gasteiger partial charge in [0.1, 0.15) is 0 Å². The maximum atomic E-state index is 5.85. The van der Waals surface area contributed by atoms with Gasteiger partial charge in [-0.1, -0.05) is 13.0 Å². The molecule has 0 spiro atoms. The summed E-state index contributed by atoms with van der Waals surface area (Å²) in [5, 5.41) is 3.27. The smallest absolute Gasteiger partial charge is 0.219 e. The van der Waals surface area contributed by atoms with Gasteiger partial charge in [0, 0.05) is 18.8 Å². The largest absolute Gasteiger partial charge is 0.493 e. The summed E-state index contributed by atoms with van der Waals surface area (Å²) >= 11 is 0. The average Bonchev–Trinajstić information content (AvgIpc) is 2.53. The molecule has 112 valence electrons. The van der Waals surface area contributed by atoms with Crippen LogP contribution in [-0.2, 0) is 6.54 Å². The summed E-state index contributed by atoms with van der Waals surface area (Å²) < 4.78 is 16.5. The summed E-state index contributed by atoms with van der Waals surface area (Å²) in [6.07, 6.45) is 1.73. The number of hydrogen-bond donors (Lipinski definition) is 1. The normalized spacial score (nSPS) is 10.2. The van der Waals surface area contributed by atoms with Gasteiger partial charge in [-0.3, -0.25) is 0 Å². The van der Waals surface area contributed by atoms with E-state index in [4.69, 9.17) is 14.2 Å². The molecule has 2 rings (SSSR count). The van der Waals surface area contributed by atoms with Crippen LogP contribution in [0.5, 0.6) is 23.1 Å². The molecular formula is C16H20N2O3. The zero-order valence-corrected chi connectivity index (χ0v) is 12.6. The molecule has 0 aliphatic carbocycles. The van der Waals surface area contributed by atoms with Crippen molar-refractivity contribution in [3.63, 3.8) is 0 Å². The molecule has 1 N–H and O–H groups in total. The first-order valence-corrected chi connectivity index (χ1v) is 6.83. The molecule has 21 heavy (non-hydrogen) atoms. The van der Waals surface area contributed by atoms with Gasteiger partial charge >= 0.3 is 0 Å². The molecule has 1 aromatic heterocycles. The van der Waals surface area contributed by atoms with Gasteiger partial charge in [-0.25, -0.2) is 4.98 Å². The van der Waals surface area contributed by atoms with E-state index in [9.17, 15) is 0 Å². The highest BCUT2D eigenvalue weighted by molar-refractivity contribution is 5.52. The van der Waals surface area contributed by atoms with Crippen LogP contribution in [0.15, 0.2) is 36.5 Å². The summed E-state index contributed by atoms with van der Waals surface area (Å²) in [6, 6.07) is 9.34. The monoisotopic (exact) mass is 288 g/mol. The molecule has 0 bridgehead atoms. The van der Waals surface area contributed by atoms with E-state index in [2.05, 4.69) is 17.2 Å². The van der Waals surface area contributed by atoms with Crippen molar-refractivity contribution < 1.29 is 14.2 Å². The highest BCUT2D eigenvalue weighted by Crippen LogP contribution is 2.39. The number of pyridine rings is 1. The lowest BCUT2D eigenvalue weighted by Crippen LogP contribution is -2.11. The molecule has 0 radical (unpaired) electrons. The summed E-state index contributed by atoms with van der Waals surface area (Å²) in [5.74, 6) is 2.24. The Bertz CT molecular complexity index is 565. The standard InChI is InChI=1S/C16H20N2O3/c1-4-17-11-12-8-9-18-15(10-12)21-16-13(19-2)6-5-7-14(16)20-3/h5-10,17H,4,11H2,1-3H3. The van der Waals surface area contributed by atoms with E-state index in [1.165, 1.54) is 0 Å². The van der Waals surface area contributed by atoms with Crippen molar-refractivity contribution in [2.45, 2.75) is 13.5 Å². The first-order chi connectivity index (χ1) is 10.3. The Balaban J connectivity index is 2.25. The molecule has 1 aromatic carbocycles. The highest BCUT2D eigenvalue weighted by Gasteiger charge is 2.13. The SMILES string of the molecule is CCNCc1ccnc(Oc2c(OC)cccc2OC)c1. The molecule has 0 unspecified atom stereocenters. The molecule has 0 saturated carbocycles. The van der Waals surface area contributed by atoms with Crippen molar-refractivity contribution >= 4 is 0 Å². The highest BCUT2D eigenvalue weighted by atomic mass is 16.5. The van der Waals surface area contributed by atoms with Crippen LogP contribution < -0.4 is 19.5 Å². The van der Waals surface area contributed by atoms with Crippen molar-refractivity contribution in [2.75, 3.05) is 20.8 Å². The number of benzene rings is 1. The molecule has 5 heteroatoms. The van der Waals surface area contributed by atoms with E-state index < -0.39 is 0 Å². The second-order valence-electron chi connectivity index (χ2n) is 4.38. The van der Waals surface area contributed by atoms with Crippen molar-refractivity contribution in [3.05, 3.63) is 42.1 Å². The van der Waals surface area contributed by atoms with Crippen LogP contribution in [0.4, 0.5) is 0 Å². The number of rotatable bonds is 7. The third-order valence-electron chi connectivity index (χ3n) is 2.97. The van der Waals surface area contributed by atoms with Gasteiger partial charge < -0.3 is 19.5 Å². The minimum atomic E-state index is 0.508. The number of methoxy groups -OCH3 is 2. The van der Waals surface area contributed by atoms with Gasteiger partial charge in [-0.15, -0.1) is 0 Å². The number of aromatic nitrogens is 1. The number of nitrogens with zero attached hydrogens (tertiary/aromatic N) is 1. The molecule has 5 nitrogen and oxygen atoms in total. The van der Waals surface area contributed by atoms with E-state index in [0.717, 1.165) is 18.7 Å². The molecule has 0 atom stereocenters. The topological polar surface area (TPSA) is 52.6 Å². The predicted octanol–water partition coefficient (Wildman–Crippen LogP) is 3.00. The molecule has 1 heterocycles. The molecule has 0 aliphatic rings. The fourth-order valence-electron chi connectivity index (χ4n) is 1.91. The Kier molecular flexibility index (Phi) is 5.40. The van der Waals surface area contributed by atoms with Gasteiger partial charge in [-0.05, 0) is 30.3 Å². The minimum Gasteiger partial charge on any atom is -0.493 e. The Labute approximate surface area is 124 Å². The van der Waals surface area contributed by atoms with Crippen LogP contribution in [0.1, 0.15) is 12.5 Å². The molecule has 0 fully saturated rings. The van der Waals surface area contributed by atoms with E-state index in [0.29, 0.717) is 23.1 Å². The van der Waals surface area contributed by atoms with Crippen LogP contribution in [0.25, 0.3) is 0 Å². The van der Waals surface area contributed by atoms with Gasteiger partial charge in [0.05, 0.1) is 14.2 Å². The van der Waals surface area contributed by atoms with Crippen molar-refractivity contribution in [1.82, 2.24) is 10.3 Å². The zero-order valence-electron chi connectivity index (χ0n) is 12.6. The van der Waals surface area contributed by atoms with Gasteiger partial charge in [-0.2, -0.15) is 0 Å². The van der Waals surface area contributed by atoms with Gasteiger partial charge in [0.2, 0.25) is 11.6 Å². The maximum absolute atomic E-state index is 5.85. The summed E-state index contributed by atoms with van der Waals surface area (Å²) in [5.41, 5.74) is 1.11. The van der Waals surface area contributed by atoms with Crippen LogP contribution in [-0.4, -0.2) is 25.7 Å². The summed E-state index contributed by atoms with van der Waals surface area (Å²) in [4.78, 5) is 4.23. The lowest BCUT2D eigenvalue weighted by Gasteiger charge is -2.13.